The highest BCUT2D eigenvalue weighted by molar-refractivity contribution is 6.30. The highest BCUT2D eigenvalue weighted by Crippen LogP contribution is 2.21. The Bertz CT molecular complexity index is 531. The smallest absolute Gasteiger partial charge is 0.315 e. The van der Waals surface area contributed by atoms with Crippen molar-refractivity contribution in [2.24, 2.45) is 0 Å². The molecular formula is C17H26ClN3O2. The number of nitrogens with zero attached hydrogens (tertiary/aromatic N) is 1. The average molecular weight is 340 g/mol. The Labute approximate surface area is 143 Å². The molecule has 0 radical (unpaired) electrons. The molecule has 1 aromatic rings. The molecule has 1 aromatic carbocycles. The van der Waals surface area contributed by atoms with E-state index in [2.05, 4.69) is 15.5 Å². The molecule has 0 unspecified atom stereocenters. The first-order chi connectivity index (χ1) is 10.8. The molecular weight excluding hydrogens is 314 g/mol. The monoisotopic (exact) mass is 339 g/mol. The highest BCUT2D eigenvalue weighted by atomic mass is 35.5. The van der Waals surface area contributed by atoms with Crippen LogP contribution in [0.15, 0.2) is 24.3 Å². The van der Waals surface area contributed by atoms with Crippen molar-refractivity contribution in [2.45, 2.75) is 38.8 Å². The summed E-state index contributed by atoms with van der Waals surface area (Å²) in [4.78, 5) is 14.0. The maximum absolute atomic E-state index is 11.7. The number of hydrogen-bond acceptors (Lipinski definition) is 3. The minimum absolute atomic E-state index is 0.122. The van der Waals surface area contributed by atoms with Crippen molar-refractivity contribution >= 4 is 17.6 Å². The Hall–Kier alpha value is -1.46. The Morgan fingerprint density at radius 1 is 1.43 bits per heavy atom. The zero-order chi connectivity index (χ0) is 16.9. The van der Waals surface area contributed by atoms with Crippen molar-refractivity contribution in [3.05, 3.63) is 29.3 Å². The molecule has 2 N–H and O–H groups in total. The molecule has 23 heavy (non-hydrogen) atoms. The Morgan fingerprint density at radius 2 is 2.22 bits per heavy atom. The second kappa shape index (κ2) is 7.88. The van der Waals surface area contributed by atoms with Crippen LogP contribution in [0, 0.1) is 0 Å². The maximum atomic E-state index is 11.7. The van der Waals surface area contributed by atoms with Gasteiger partial charge in [0.15, 0.2) is 0 Å². The summed E-state index contributed by atoms with van der Waals surface area (Å²) in [6, 6.07) is 7.37. The van der Waals surface area contributed by atoms with Crippen LogP contribution in [0.4, 0.5) is 4.79 Å². The van der Waals surface area contributed by atoms with Crippen LogP contribution in [-0.2, 0) is 0 Å². The van der Waals surface area contributed by atoms with Gasteiger partial charge in [-0.1, -0.05) is 17.7 Å². The number of amides is 2. The van der Waals surface area contributed by atoms with Gasteiger partial charge in [-0.2, -0.15) is 0 Å². The van der Waals surface area contributed by atoms with E-state index in [1.807, 2.05) is 45.0 Å². The second-order valence-corrected chi connectivity index (χ2v) is 7.35. The topological polar surface area (TPSA) is 53.6 Å². The van der Waals surface area contributed by atoms with E-state index in [0.29, 0.717) is 11.6 Å². The third-order valence-electron chi connectivity index (χ3n) is 3.53. The fourth-order valence-corrected chi connectivity index (χ4v) is 2.72. The molecule has 0 spiro atoms. The van der Waals surface area contributed by atoms with Crippen LogP contribution in [0.2, 0.25) is 5.02 Å². The van der Waals surface area contributed by atoms with Crippen LogP contribution in [-0.4, -0.2) is 48.8 Å². The minimum atomic E-state index is -0.215. The lowest BCUT2D eigenvalue weighted by molar-refractivity contribution is 0.199. The predicted octanol–water partition coefficient (Wildman–Crippen LogP) is 2.89. The molecule has 0 aliphatic carbocycles. The first-order valence-electron chi connectivity index (χ1n) is 8.02. The van der Waals surface area contributed by atoms with Crippen LogP contribution in [0.3, 0.4) is 0 Å². The molecule has 1 aliphatic rings. The average Bonchev–Trinajstić information content (AvgIpc) is 2.84. The number of benzene rings is 1. The minimum Gasteiger partial charge on any atom is -0.489 e. The molecule has 0 aromatic heterocycles. The van der Waals surface area contributed by atoms with Crippen molar-refractivity contribution in [1.29, 1.82) is 0 Å². The fourth-order valence-electron chi connectivity index (χ4n) is 2.54. The van der Waals surface area contributed by atoms with E-state index >= 15 is 0 Å². The summed E-state index contributed by atoms with van der Waals surface area (Å²) in [6.07, 6.45) is 1.16. The lowest BCUT2D eigenvalue weighted by Gasteiger charge is -2.22. The number of ether oxygens (including phenoxy) is 1. The number of rotatable bonds is 5. The molecule has 6 heteroatoms. The summed E-state index contributed by atoms with van der Waals surface area (Å²) in [5.41, 5.74) is -0.215. The van der Waals surface area contributed by atoms with E-state index in [4.69, 9.17) is 16.3 Å². The van der Waals surface area contributed by atoms with Gasteiger partial charge in [-0.3, -0.25) is 4.90 Å². The fraction of sp³-hybridized carbons (Fsp3) is 0.588. The summed E-state index contributed by atoms with van der Waals surface area (Å²) < 4.78 is 5.95. The van der Waals surface area contributed by atoms with Crippen molar-refractivity contribution in [1.82, 2.24) is 15.5 Å². The number of likely N-dealkylation sites (tertiary alicyclic amines) is 1. The number of hydrogen-bond donors (Lipinski definition) is 2. The summed E-state index contributed by atoms with van der Waals surface area (Å²) in [5, 5.41) is 6.46. The maximum Gasteiger partial charge on any atom is 0.315 e. The largest absolute Gasteiger partial charge is 0.489 e. The number of carbonyl (C=O) groups is 1. The molecule has 2 amide bonds. The van der Waals surface area contributed by atoms with Crippen molar-refractivity contribution in [2.75, 3.05) is 26.2 Å². The van der Waals surface area contributed by atoms with E-state index in [-0.39, 0.29) is 17.7 Å². The van der Waals surface area contributed by atoms with Gasteiger partial charge in [0.1, 0.15) is 11.9 Å². The quantitative estimate of drug-likeness (QED) is 0.867. The second-order valence-electron chi connectivity index (χ2n) is 6.92. The third kappa shape index (κ3) is 6.67. The standard InChI is InChI=1S/C17H26ClN3O2/c1-17(2,3)20-16(22)19-8-10-21-9-7-15(12-21)23-14-6-4-5-13(18)11-14/h4-6,11,15H,7-10,12H2,1-3H3,(H2,19,20,22)/t15-/m1/s1. The van der Waals surface area contributed by atoms with Gasteiger partial charge in [-0.15, -0.1) is 0 Å². The first-order valence-corrected chi connectivity index (χ1v) is 8.40. The Balaban J connectivity index is 1.66. The number of halogens is 1. The predicted molar refractivity (Wildman–Crippen MR) is 93.2 cm³/mol. The zero-order valence-corrected chi connectivity index (χ0v) is 14.8. The van der Waals surface area contributed by atoms with E-state index in [9.17, 15) is 4.79 Å². The molecule has 1 aliphatic heterocycles. The molecule has 1 heterocycles. The molecule has 0 saturated carbocycles. The van der Waals surface area contributed by atoms with Gasteiger partial charge in [0.05, 0.1) is 0 Å². The number of carbonyl (C=O) groups excluding carboxylic acids is 1. The molecule has 5 nitrogen and oxygen atoms in total. The van der Waals surface area contributed by atoms with Gasteiger partial charge in [0.2, 0.25) is 0 Å². The molecule has 0 bridgehead atoms. The molecule has 1 fully saturated rings. The molecule has 128 valence electrons. The van der Waals surface area contributed by atoms with Gasteiger partial charge in [-0.25, -0.2) is 4.79 Å². The summed E-state index contributed by atoms with van der Waals surface area (Å²) >= 11 is 5.97. The SMILES string of the molecule is CC(C)(C)NC(=O)NCCN1CC[C@@H](Oc2cccc(Cl)c2)C1. The van der Waals surface area contributed by atoms with Gasteiger partial charge >= 0.3 is 6.03 Å². The molecule has 2 rings (SSSR count). The highest BCUT2D eigenvalue weighted by Gasteiger charge is 2.23. The first kappa shape index (κ1) is 17.9. The van der Waals surface area contributed by atoms with Gasteiger partial charge < -0.3 is 15.4 Å². The lowest BCUT2D eigenvalue weighted by atomic mass is 10.1. The van der Waals surface area contributed by atoms with Crippen LogP contribution >= 0.6 is 11.6 Å². The van der Waals surface area contributed by atoms with Crippen LogP contribution < -0.4 is 15.4 Å². The zero-order valence-electron chi connectivity index (χ0n) is 14.1. The lowest BCUT2D eigenvalue weighted by Crippen LogP contribution is -2.48. The van der Waals surface area contributed by atoms with Crippen molar-refractivity contribution in [3.8, 4) is 5.75 Å². The Morgan fingerprint density at radius 3 is 2.91 bits per heavy atom. The van der Waals surface area contributed by atoms with Gasteiger partial charge in [-0.05, 0) is 45.4 Å². The molecule has 1 saturated heterocycles. The number of nitrogens with one attached hydrogen (secondary N) is 2. The molecule has 1 atom stereocenters. The summed E-state index contributed by atoms with van der Waals surface area (Å²) in [7, 11) is 0. The van der Waals surface area contributed by atoms with E-state index in [1.54, 1.807) is 0 Å². The van der Waals surface area contributed by atoms with E-state index in [0.717, 1.165) is 31.8 Å². The van der Waals surface area contributed by atoms with Gasteiger partial charge in [0.25, 0.3) is 0 Å². The van der Waals surface area contributed by atoms with Crippen LogP contribution in [0.5, 0.6) is 5.75 Å². The number of urea groups is 1. The summed E-state index contributed by atoms with van der Waals surface area (Å²) in [5.74, 6) is 0.812. The van der Waals surface area contributed by atoms with Crippen LogP contribution in [0.1, 0.15) is 27.2 Å². The Kier molecular flexibility index (Phi) is 6.13. The normalized spacial score (nSPS) is 18.7. The van der Waals surface area contributed by atoms with Crippen LogP contribution in [0.25, 0.3) is 0 Å². The van der Waals surface area contributed by atoms with Crippen molar-refractivity contribution < 1.29 is 9.53 Å². The third-order valence-corrected chi connectivity index (χ3v) is 3.77. The van der Waals surface area contributed by atoms with Crippen molar-refractivity contribution in [3.63, 3.8) is 0 Å². The van der Waals surface area contributed by atoms with E-state index in [1.165, 1.54) is 0 Å². The summed E-state index contributed by atoms with van der Waals surface area (Å²) in [6.45, 7) is 9.20. The van der Waals surface area contributed by atoms with Gasteiger partial charge in [0, 0.05) is 36.7 Å². The van der Waals surface area contributed by atoms with E-state index < -0.39 is 0 Å².